The van der Waals surface area contributed by atoms with Gasteiger partial charge in [-0.25, -0.2) is 0 Å². The molecule has 21 heavy (non-hydrogen) atoms. The van der Waals surface area contributed by atoms with Crippen LogP contribution < -0.4 is 9.47 Å². The second kappa shape index (κ2) is 5.96. The summed E-state index contributed by atoms with van der Waals surface area (Å²) in [7, 11) is 3.22. The number of hydrogen-bond donors (Lipinski definition) is 1. The van der Waals surface area contributed by atoms with Gasteiger partial charge in [-0.05, 0) is 30.9 Å². The SMILES string of the molecule is COc1cc(C2(C(=O)O)CCCC2)c(OC)cc1C(C)C. The lowest BCUT2D eigenvalue weighted by molar-refractivity contribution is -0.143. The minimum absolute atomic E-state index is 0.284. The normalized spacial score (nSPS) is 17.0. The van der Waals surface area contributed by atoms with Crippen molar-refractivity contribution in [2.75, 3.05) is 14.2 Å². The second-order valence-electron chi connectivity index (χ2n) is 6.04. The number of aliphatic carboxylic acids is 1. The standard InChI is InChI=1S/C17H24O4/c1-11(2)12-9-15(21-4)13(10-14(12)20-3)17(16(18)19)7-5-6-8-17/h9-11H,5-8H2,1-4H3,(H,18,19). The lowest BCUT2D eigenvalue weighted by Crippen LogP contribution is -2.33. The molecule has 0 aromatic heterocycles. The molecule has 2 rings (SSSR count). The fraction of sp³-hybridized carbons (Fsp3) is 0.588. The van der Waals surface area contributed by atoms with E-state index >= 15 is 0 Å². The van der Waals surface area contributed by atoms with Gasteiger partial charge in [0.2, 0.25) is 0 Å². The summed E-state index contributed by atoms with van der Waals surface area (Å²) in [6.45, 7) is 4.17. The third kappa shape index (κ3) is 2.59. The van der Waals surface area contributed by atoms with E-state index in [9.17, 15) is 9.90 Å². The van der Waals surface area contributed by atoms with Gasteiger partial charge in [-0.1, -0.05) is 26.7 Å². The molecule has 0 saturated heterocycles. The monoisotopic (exact) mass is 292 g/mol. The molecule has 1 fully saturated rings. The quantitative estimate of drug-likeness (QED) is 0.898. The van der Waals surface area contributed by atoms with Crippen LogP contribution in [0.1, 0.15) is 56.6 Å². The Kier molecular flexibility index (Phi) is 4.45. The Morgan fingerprint density at radius 1 is 1.14 bits per heavy atom. The van der Waals surface area contributed by atoms with Crippen LogP contribution in [0.25, 0.3) is 0 Å². The Labute approximate surface area is 126 Å². The number of benzene rings is 1. The van der Waals surface area contributed by atoms with Crippen molar-refractivity contribution >= 4 is 5.97 Å². The molecule has 1 aromatic rings. The maximum Gasteiger partial charge on any atom is 0.314 e. The molecule has 4 heteroatoms. The first kappa shape index (κ1) is 15.7. The predicted molar refractivity (Wildman–Crippen MR) is 81.4 cm³/mol. The summed E-state index contributed by atoms with van der Waals surface area (Å²) in [6.07, 6.45) is 3.18. The average molecular weight is 292 g/mol. The molecule has 0 spiro atoms. The minimum atomic E-state index is -0.839. The van der Waals surface area contributed by atoms with E-state index in [-0.39, 0.29) is 5.92 Å². The molecule has 1 saturated carbocycles. The molecule has 0 amide bonds. The third-order valence-corrected chi connectivity index (χ3v) is 4.56. The Morgan fingerprint density at radius 3 is 2.14 bits per heavy atom. The van der Waals surface area contributed by atoms with Gasteiger partial charge in [-0.3, -0.25) is 4.79 Å². The van der Waals surface area contributed by atoms with Crippen LogP contribution in [0.4, 0.5) is 0 Å². The van der Waals surface area contributed by atoms with E-state index in [2.05, 4.69) is 13.8 Å². The maximum absolute atomic E-state index is 11.9. The minimum Gasteiger partial charge on any atom is -0.496 e. The van der Waals surface area contributed by atoms with Crippen molar-refractivity contribution in [1.29, 1.82) is 0 Å². The van der Waals surface area contributed by atoms with E-state index in [0.29, 0.717) is 18.6 Å². The summed E-state index contributed by atoms with van der Waals surface area (Å²) in [5.41, 5.74) is 0.946. The molecule has 116 valence electrons. The van der Waals surface area contributed by atoms with Gasteiger partial charge in [-0.15, -0.1) is 0 Å². The zero-order valence-corrected chi connectivity index (χ0v) is 13.2. The highest BCUT2D eigenvalue weighted by Crippen LogP contribution is 2.47. The molecule has 1 aliphatic carbocycles. The Morgan fingerprint density at radius 2 is 1.71 bits per heavy atom. The van der Waals surface area contributed by atoms with Crippen LogP contribution in [0, 0.1) is 0 Å². The van der Waals surface area contributed by atoms with Crippen molar-refractivity contribution in [2.45, 2.75) is 50.9 Å². The third-order valence-electron chi connectivity index (χ3n) is 4.56. The molecular weight excluding hydrogens is 268 g/mol. The number of carboxylic acid groups (broad SMARTS) is 1. The van der Waals surface area contributed by atoms with E-state index in [4.69, 9.17) is 9.47 Å². The summed E-state index contributed by atoms with van der Waals surface area (Å²) in [4.78, 5) is 11.9. The van der Waals surface area contributed by atoms with Gasteiger partial charge in [0, 0.05) is 11.1 Å². The summed E-state index contributed by atoms with van der Waals surface area (Å²) in [5, 5.41) is 9.78. The topological polar surface area (TPSA) is 55.8 Å². The summed E-state index contributed by atoms with van der Waals surface area (Å²) >= 11 is 0. The van der Waals surface area contributed by atoms with Gasteiger partial charge in [0.1, 0.15) is 11.5 Å². The molecule has 0 heterocycles. The molecule has 1 aromatic carbocycles. The zero-order valence-electron chi connectivity index (χ0n) is 13.2. The van der Waals surface area contributed by atoms with Gasteiger partial charge in [0.25, 0.3) is 0 Å². The van der Waals surface area contributed by atoms with Gasteiger partial charge in [0.15, 0.2) is 0 Å². The van der Waals surface area contributed by atoms with Crippen molar-refractivity contribution in [3.8, 4) is 11.5 Å². The lowest BCUT2D eigenvalue weighted by atomic mass is 9.77. The fourth-order valence-electron chi connectivity index (χ4n) is 3.32. The van der Waals surface area contributed by atoms with E-state index in [1.807, 2.05) is 12.1 Å². The molecule has 0 atom stereocenters. The van der Waals surface area contributed by atoms with E-state index in [0.717, 1.165) is 29.7 Å². The molecule has 0 aliphatic heterocycles. The molecular formula is C17H24O4. The van der Waals surface area contributed by atoms with Crippen molar-refractivity contribution in [3.63, 3.8) is 0 Å². The maximum atomic E-state index is 11.9. The Bertz CT molecular complexity index is 528. The molecule has 1 aliphatic rings. The number of hydrogen-bond acceptors (Lipinski definition) is 3. The van der Waals surface area contributed by atoms with Crippen molar-refractivity contribution in [2.24, 2.45) is 0 Å². The molecule has 0 bridgehead atoms. The van der Waals surface area contributed by atoms with Crippen LogP contribution in [0.5, 0.6) is 11.5 Å². The van der Waals surface area contributed by atoms with Crippen molar-refractivity contribution in [1.82, 2.24) is 0 Å². The average Bonchev–Trinajstić information content (AvgIpc) is 2.96. The van der Waals surface area contributed by atoms with Crippen LogP contribution in [-0.4, -0.2) is 25.3 Å². The second-order valence-corrected chi connectivity index (χ2v) is 6.04. The zero-order chi connectivity index (χ0) is 15.6. The highest BCUT2D eigenvalue weighted by molar-refractivity contribution is 5.83. The fourth-order valence-corrected chi connectivity index (χ4v) is 3.32. The van der Waals surface area contributed by atoms with Crippen LogP contribution in [0.3, 0.4) is 0 Å². The number of carbonyl (C=O) groups is 1. The highest BCUT2D eigenvalue weighted by Gasteiger charge is 2.45. The summed E-state index contributed by atoms with van der Waals surface area (Å²) < 4.78 is 11.0. The van der Waals surface area contributed by atoms with E-state index in [1.165, 1.54) is 0 Å². The van der Waals surface area contributed by atoms with Gasteiger partial charge < -0.3 is 14.6 Å². The van der Waals surface area contributed by atoms with Crippen molar-refractivity contribution < 1.29 is 19.4 Å². The van der Waals surface area contributed by atoms with E-state index < -0.39 is 11.4 Å². The molecule has 4 nitrogen and oxygen atoms in total. The molecule has 1 N–H and O–H groups in total. The Hall–Kier alpha value is -1.71. The predicted octanol–water partition coefficient (Wildman–Crippen LogP) is 3.72. The van der Waals surface area contributed by atoms with Crippen LogP contribution in [-0.2, 0) is 10.2 Å². The largest absolute Gasteiger partial charge is 0.496 e. The van der Waals surface area contributed by atoms with Crippen LogP contribution >= 0.6 is 0 Å². The highest BCUT2D eigenvalue weighted by atomic mass is 16.5. The number of ether oxygens (including phenoxy) is 2. The van der Waals surface area contributed by atoms with Crippen LogP contribution in [0.2, 0.25) is 0 Å². The first-order valence-electron chi connectivity index (χ1n) is 7.46. The van der Waals surface area contributed by atoms with Crippen molar-refractivity contribution in [3.05, 3.63) is 23.3 Å². The summed E-state index contributed by atoms with van der Waals surface area (Å²) in [5.74, 6) is 0.919. The number of carboxylic acids is 1. The number of methoxy groups -OCH3 is 2. The van der Waals surface area contributed by atoms with Crippen LogP contribution in [0.15, 0.2) is 12.1 Å². The lowest BCUT2D eigenvalue weighted by Gasteiger charge is -2.28. The van der Waals surface area contributed by atoms with Gasteiger partial charge >= 0.3 is 5.97 Å². The number of rotatable bonds is 5. The Balaban J connectivity index is 2.64. The smallest absolute Gasteiger partial charge is 0.314 e. The molecule has 0 radical (unpaired) electrons. The van der Waals surface area contributed by atoms with E-state index in [1.54, 1.807) is 14.2 Å². The first-order valence-corrected chi connectivity index (χ1v) is 7.46. The van der Waals surface area contributed by atoms with Gasteiger partial charge in [-0.2, -0.15) is 0 Å². The summed E-state index contributed by atoms with van der Waals surface area (Å²) in [6, 6.07) is 3.80. The first-order chi connectivity index (χ1) is 9.96. The van der Waals surface area contributed by atoms with Gasteiger partial charge in [0.05, 0.1) is 19.6 Å². The molecule has 0 unspecified atom stereocenters.